The molecule has 106 valence electrons. The van der Waals surface area contributed by atoms with Crippen LogP contribution in [0.4, 0.5) is 0 Å². The Morgan fingerprint density at radius 1 is 1.42 bits per heavy atom. The summed E-state index contributed by atoms with van der Waals surface area (Å²) >= 11 is 5.99. The van der Waals surface area contributed by atoms with Crippen molar-refractivity contribution in [3.05, 3.63) is 34.9 Å². The first-order valence-electron chi connectivity index (χ1n) is 7.19. The monoisotopic (exact) mass is 281 g/mol. The number of hydrogen-bond acceptors (Lipinski definition) is 2. The molecule has 0 radical (unpaired) electrons. The summed E-state index contributed by atoms with van der Waals surface area (Å²) in [6.45, 7) is 8.42. The molecule has 1 aliphatic carbocycles. The van der Waals surface area contributed by atoms with Crippen molar-refractivity contribution in [3.63, 3.8) is 0 Å². The van der Waals surface area contributed by atoms with Crippen LogP contribution in [0.2, 0.25) is 5.02 Å². The van der Waals surface area contributed by atoms with Crippen molar-refractivity contribution in [2.24, 2.45) is 5.41 Å². The third-order valence-corrected chi connectivity index (χ3v) is 4.77. The summed E-state index contributed by atoms with van der Waals surface area (Å²) in [7, 11) is 0. The molecule has 0 amide bonds. The van der Waals surface area contributed by atoms with Gasteiger partial charge in [0.25, 0.3) is 0 Å². The zero-order chi connectivity index (χ0) is 13.9. The van der Waals surface area contributed by atoms with E-state index in [1.807, 2.05) is 18.2 Å². The average molecular weight is 282 g/mol. The van der Waals surface area contributed by atoms with Crippen LogP contribution in [-0.4, -0.2) is 18.7 Å². The highest BCUT2D eigenvalue weighted by molar-refractivity contribution is 6.30. The van der Waals surface area contributed by atoms with Crippen molar-refractivity contribution in [1.82, 2.24) is 5.32 Å². The van der Waals surface area contributed by atoms with E-state index in [2.05, 4.69) is 32.2 Å². The minimum Gasteiger partial charge on any atom is -0.373 e. The first kappa shape index (κ1) is 14.8. The van der Waals surface area contributed by atoms with Gasteiger partial charge >= 0.3 is 0 Å². The van der Waals surface area contributed by atoms with Crippen molar-refractivity contribution in [1.29, 1.82) is 0 Å². The van der Waals surface area contributed by atoms with E-state index in [9.17, 15) is 0 Å². The van der Waals surface area contributed by atoms with Crippen LogP contribution in [0, 0.1) is 5.41 Å². The Kier molecular flexibility index (Phi) is 4.88. The van der Waals surface area contributed by atoms with Gasteiger partial charge in [-0.05, 0) is 37.1 Å². The Labute approximate surface area is 121 Å². The maximum atomic E-state index is 6.10. The van der Waals surface area contributed by atoms with E-state index in [4.69, 9.17) is 16.3 Å². The summed E-state index contributed by atoms with van der Waals surface area (Å²) in [6, 6.07) is 8.50. The third kappa shape index (κ3) is 3.13. The fourth-order valence-corrected chi connectivity index (χ4v) is 3.15. The predicted molar refractivity (Wildman–Crippen MR) is 80.5 cm³/mol. The summed E-state index contributed by atoms with van der Waals surface area (Å²) in [5.41, 5.74) is 1.41. The Hall–Kier alpha value is -0.570. The normalized spacial score (nSPS) is 30.1. The molecule has 1 fully saturated rings. The SMILES string of the molecule is CCNC1CC(OCc2cccc(Cl)c2)C1(C)CC. The van der Waals surface area contributed by atoms with Crippen LogP contribution in [-0.2, 0) is 11.3 Å². The van der Waals surface area contributed by atoms with Crippen LogP contribution in [0.1, 0.15) is 39.2 Å². The molecular weight excluding hydrogens is 258 g/mol. The lowest BCUT2D eigenvalue weighted by Crippen LogP contribution is -2.62. The van der Waals surface area contributed by atoms with Crippen molar-refractivity contribution < 1.29 is 4.74 Å². The summed E-state index contributed by atoms with van der Waals surface area (Å²) in [5.74, 6) is 0. The van der Waals surface area contributed by atoms with Crippen molar-refractivity contribution in [2.45, 2.75) is 52.4 Å². The fourth-order valence-electron chi connectivity index (χ4n) is 2.94. The lowest BCUT2D eigenvalue weighted by molar-refractivity contribution is -0.135. The standard InChI is InChI=1S/C16H24ClNO/c1-4-16(3)14(18-5-2)10-15(16)19-11-12-7-6-8-13(17)9-12/h6-9,14-15,18H,4-5,10-11H2,1-3H3. The van der Waals surface area contributed by atoms with Gasteiger partial charge in [-0.3, -0.25) is 0 Å². The second-order valence-corrected chi connectivity index (χ2v) is 6.07. The molecule has 2 nitrogen and oxygen atoms in total. The summed E-state index contributed by atoms with van der Waals surface area (Å²) in [4.78, 5) is 0. The van der Waals surface area contributed by atoms with E-state index in [1.54, 1.807) is 0 Å². The van der Waals surface area contributed by atoms with Crippen LogP contribution in [0.5, 0.6) is 0 Å². The second-order valence-electron chi connectivity index (χ2n) is 5.63. The number of hydrogen-bond donors (Lipinski definition) is 1. The number of ether oxygens (including phenoxy) is 1. The number of rotatable bonds is 6. The Balaban J connectivity index is 1.90. The van der Waals surface area contributed by atoms with Crippen LogP contribution >= 0.6 is 11.6 Å². The van der Waals surface area contributed by atoms with Gasteiger partial charge in [0, 0.05) is 16.5 Å². The van der Waals surface area contributed by atoms with Gasteiger partial charge in [-0.2, -0.15) is 0 Å². The lowest BCUT2D eigenvalue weighted by Gasteiger charge is -2.53. The summed E-state index contributed by atoms with van der Waals surface area (Å²) in [5, 5.41) is 4.34. The molecule has 0 spiro atoms. The highest BCUT2D eigenvalue weighted by atomic mass is 35.5. The number of benzene rings is 1. The first-order valence-corrected chi connectivity index (χ1v) is 7.57. The predicted octanol–water partition coefficient (Wildman–Crippen LogP) is 4.02. The maximum Gasteiger partial charge on any atom is 0.0721 e. The van der Waals surface area contributed by atoms with E-state index in [0.717, 1.165) is 30.0 Å². The minimum absolute atomic E-state index is 0.259. The third-order valence-electron chi connectivity index (χ3n) is 4.53. The quantitative estimate of drug-likeness (QED) is 0.850. The molecule has 19 heavy (non-hydrogen) atoms. The van der Waals surface area contributed by atoms with Gasteiger partial charge in [-0.25, -0.2) is 0 Å². The summed E-state index contributed by atoms with van der Waals surface area (Å²) < 4.78 is 6.10. The molecule has 3 heteroatoms. The summed E-state index contributed by atoms with van der Waals surface area (Å²) in [6.07, 6.45) is 2.60. The molecule has 1 aromatic rings. The van der Waals surface area contributed by atoms with Gasteiger partial charge < -0.3 is 10.1 Å². The molecule has 0 aromatic heterocycles. The molecule has 0 bridgehead atoms. The van der Waals surface area contributed by atoms with E-state index in [1.165, 1.54) is 0 Å². The Morgan fingerprint density at radius 3 is 2.84 bits per heavy atom. The minimum atomic E-state index is 0.259. The lowest BCUT2D eigenvalue weighted by atomic mass is 9.61. The van der Waals surface area contributed by atoms with Gasteiger partial charge in [-0.15, -0.1) is 0 Å². The second kappa shape index (κ2) is 6.25. The van der Waals surface area contributed by atoms with Gasteiger partial charge in [-0.1, -0.05) is 44.5 Å². The largest absolute Gasteiger partial charge is 0.373 e. The molecule has 0 saturated heterocycles. The molecule has 3 atom stereocenters. The first-order chi connectivity index (χ1) is 9.10. The van der Waals surface area contributed by atoms with Gasteiger partial charge in [0.05, 0.1) is 12.7 Å². The highest BCUT2D eigenvalue weighted by Gasteiger charge is 2.50. The van der Waals surface area contributed by atoms with Crippen molar-refractivity contribution >= 4 is 11.6 Å². The van der Waals surface area contributed by atoms with Crippen LogP contribution < -0.4 is 5.32 Å². The number of nitrogens with one attached hydrogen (secondary N) is 1. The molecule has 1 aromatic carbocycles. The molecule has 2 rings (SSSR count). The van der Waals surface area contributed by atoms with E-state index >= 15 is 0 Å². The zero-order valence-corrected chi connectivity index (χ0v) is 12.8. The van der Waals surface area contributed by atoms with E-state index < -0.39 is 0 Å². The zero-order valence-electron chi connectivity index (χ0n) is 12.1. The van der Waals surface area contributed by atoms with Gasteiger partial charge in [0.2, 0.25) is 0 Å². The molecule has 1 saturated carbocycles. The molecular formula is C16H24ClNO. The van der Waals surface area contributed by atoms with Gasteiger partial charge in [0.15, 0.2) is 0 Å². The topological polar surface area (TPSA) is 21.3 Å². The van der Waals surface area contributed by atoms with E-state index in [-0.39, 0.29) is 5.41 Å². The van der Waals surface area contributed by atoms with Crippen molar-refractivity contribution in [2.75, 3.05) is 6.54 Å². The van der Waals surface area contributed by atoms with Crippen LogP contribution in [0.15, 0.2) is 24.3 Å². The molecule has 0 heterocycles. The smallest absolute Gasteiger partial charge is 0.0721 e. The Morgan fingerprint density at radius 2 is 2.21 bits per heavy atom. The highest BCUT2D eigenvalue weighted by Crippen LogP contribution is 2.46. The fraction of sp³-hybridized carbons (Fsp3) is 0.625. The van der Waals surface area contributed by atoms with E-state index in [0.29, 0.717) is 18.8 Å². The molecule has 1 N–H and O–H groups in total. The van der Waals surface area contributed by atoms with Crippen molar-refractivity contribution in [3.8, 4) is 0 Å². The Bertz CT molecular complexity index is 423. The van der Waals surface area contributed by atoms with Crippen LogP contribution in [0.3, 0.4) is 0 Å². The number of halogens is 1. The van der Waals surface area contributed by atoms with Crippen LogP contribution in [0.25, 0.3) is 0 Å². The molecule has 0 aliphatic heterocycles. The molecule has 1 aliphatic rings. The maximum absolute atomic E-state index is 6.10. The van der Waals surface area contributed by atoms with Gasteiger partial charge in [0.1, 0.15) is 0 Å². The molecule has 3 unspecified atom stereocenters. The average Bonchev–Trinajstić information content (AvgIpc) is 2.41.